The average molecular weight is 253 g/mol. The second kappa shape index (κ2) is 4.85. The number of methoxy groups -OCH3 is 1. The van der Waals surface area contributed by atoms with E-state index in [0.29, 0.717) is 11.7 Å². The highest BCUT2D eigenvalue weighted by atomic mass is 16.5. The number of aromatic nitrogens is 4. The fourth-order valence-electron chi connectivity index (χ4n) is 1.65. The van der Waals surface area contributed by atoms with Crippen LogP contribution in [0.15, 0.2) is 47.8 Å². The van der Waals surface area contributed by atoms with Gasteiger partial charge in [-0.2, -0.15) is 10.1 Å². The molecule has 3 heterocycles. The van der Waals surface area contributed by atoms with Gasteiger partial charge in [0, 0.05) is 6.20 Å². The molecule has 0 radical (unpaired) electrons. The molecule has 0 saturated carbocycles. The van der Waals surface area contributed by atoms with Crippen LogP contribution in [0.2, 0.25) is 0 Å². The summed E-state index contributed by atoms with van der Waals surface area (Å²) in [7, 11) is 1.54. The van der Waals surface area contributed by atoms with Gasteiger partial charge in [-0.15, -0.1) is 0 Å². The second-order valence-electron chi connectivity index (χ2n) is 3.82. The molecule has 0 atom stereocenters. The van der Waals surface area contributed by atoms with E-state index in [1.807, 2.05) is 30.5 Å². The standard InChI is InChI=1S/C13H11N5O/c1-19-13-9-14-8-12(16-13)15-7-10-6-11-4-2-3-5-18(11)17-10/h2-9H,1H3/b15-7+. The summed E-state index contributed by atoms with van der Waals surface area (Å²) in [4.78, 5) is 12.4. The Morgan fingerprint density at radius 3 is 3.11 bits per heavy atom. The molecule has 19 heavy (non-hydrogen) atoms. The maximum absolute atomic E-state index is 4.99. The van der Waals surface area contributed by atoms with Crippen LogP contribution in [0.25, 0.3) is 5.52 Å². The topological polar surface area (TPSA) is 64.7 Å². The minimum atomic E-state index is 0.435. The van der Waals surface area contributed by atoms with Gasteiger partial charge in [0.25, 0.3) is 0 Å². The van der Waals surface area contributed by atoms with Crippen molar-refractivity contribution in [2.24, 2.45) is 4.99 Å². The maximum atomic E-state index is 4.99. The van der Waals surface area contributed by atoms with E-state index in [0.717, 1.165) is 11.2 Å². The van der Waals surface area contributed by atoms with Gasteiger partial charge in [-0.1, -0.05) is 6.07 Å². The van der Waals surface area contributed by atoms with Crippen LogP contribution in [-0.2, 0) is 0 Å². The molecule has 0 N–H and O–H groups in total. The number of hydrogen-bond donors (Lipinski definition) is 0. The number of aliphatic imine (C=N–C) groups is 1. The molecule has 0 bridgehead atoms. The minimum absolute atomic E-state index is 0.435. The van der Waals surface area contributed by atoms with Crippen LogP contribution in [-0.4, -0.2) is 32.9 Å². The molecule has 3 aromatic heterocycles. The van der Waals surface area contributed by atoms with Gasteiger partial charge in [0.15, 0.2) is 5.82 Å². The lowest BCUT2D eigenvalue weighted by Gasteiger charge is -1.96. The van der Waals surface area contributed by atoms with Crippen LogP contribution < -0.4 is 4.74 Å². The summed E-state index contributed by atoms with van der Waals surface area (Å²) >= 11 is 0. The predicted molar refractivity (Wildman–Crippen MR) is 71.0 cm³/mol. The molecule has 0 aliphatic rings. The highest BCUT2D eigenvalue weighted by Crippen LogP contribution is 2.11. The lowest BCUT2D eigenvalue weighted by molar-refractivity contribution is 0.396. The van der Waals surface area contributed by atoms with Crippen molar-refractivity contribution >= 4 is 17.5 Å². The Morgan fingerprint density at radius 2 is 2.26 bits per heavy atom. The Kier molecular flexibility index (Phi) is 2.89. The van der Waals surface area contributed by atoms with Crippen LogP contribution in [0.5, 0.6) is 5.88 Å². The monoisotopic (exact) mass is 253 g/mol. The largest absolute Gasteiger partial charge is 0.480 e. The van der Waals surface area contributed by atoms with Gasteiger partial charge in [0.2, 0.25) is 5.88 Å². The number of hydrogen-bond acceptors (Lipinski definition) is 5. The van der Waals surface area contributed by atoms with Crippen molar-refractivity contribution < 1.29 is 4.74 Å². The van der Waals surface area contributed by atoms with Crippen LogP contribution >= 0.6 is 0 Å². The van der Waals surface area contributed by atoms with Crippen molar-refractivity contribution in [3.8, 4) is 5.88 Å². The van der Waals surface area contributed by atoms with Crippen molar-refractivity contribution in [1.82, 2.24) is 19.6 Å². The maximum Gasteiger partial charge on any atom is 0.234 e. The van der Waals surface area contributed by atoms with Crippen molar-refractivity contribution in [1.29, 1.82) is 0 Å². The third-order valence-corrected chi connectivity index (χ3v) is 2.53. The fourth-order valence-corrected chi connectivity index (χ4v) is 1.65. The third-order valence-electron chi connectivity index (χ3n) is 2.53. The van der Waals surface area contributed by atoms with Crippen molar-refractivity contribution in [2.45, 2.75) is 0 Å². The summed E-state index contributed by atoms with van der Waals surface area (Å²) in [5.74, 6) is 0.918. The highest BCUT2D eigenvalue weighted by Gasteiger charge is 1.99. The zero-order chi connectivity index (χ0) is 13.1. The first-order valence-electron chi connectivity index (χ1n) is 5.70. The van der Waals surface area contributed by atoms with E-state index in [2.05, 4.69) is 20.1 Å². The van der Waals surface area contributed by atoms with Crippen LogP contribution in [0.3, 0.4) is 0 Å². The molecule has 0 amide bonds. The molecule has 0 spiro atoms. The molecule has 3 aromatic rings. The van der Waals surface area contributed by atoms with E-state index >= 15 is 0 Å². The Bertz CT molecular complexity index is 701. The molecule has 0 fully saturated rings. The number of ether oxygens (including phenoxy) is 1. The van der Waals surface area contributed by atoms with Crippen LogP contribution in [0.4, 0.5) is 5.82 Å². The molecule has 0 aliphatic carbocycles. The van der Waals surface area contributed by atoms with E-state index in [-0.39, 0.29) is 0 Å². The van der Waals surface area contributed by atoms with E-state index in [4.69, 9.17) is 4.74 Å². The minimum Gasteiger partial charge on any atom is -0.480 e. The van der Waals surface area contributed by atoms with Gasteiger partial charge in [-0.05, 0) is 18.2 Å². The number of fused-ring (bicyclic) bond motifs is 1. The summed E-state index contributed by atoms with van der Waals surface area (Å²) in [5.41, 5.74) is 1.77. The van der Waals surface area contributed by atoms with Gasteiger partial charge in [-0.3, -0.25) is 4.98 Å². The molecule has 6 nitrogen and oxygen atoms in total. The van der Waals surface area contributed by atoms with E-state index in [1.165, 1.54) is 6.20 Å². The van der Waals surface area contributed by atoms with Gasteiger partial charge in [0.05, 0.1) is 31.2 Å². The van der Waals surface area contributed by atoms with Crippen LogP contribution in [0, 0.1) is 0 Å². The second-order valence-corrected chi connectivity index (χ2v) is 3.82. The number of rotatable bonds is 3. The van der Waals surface area contributed by atoms with Gasteiger partial charge >= 0.3 is 0 Å². The normalized spacial score (nSPS) is 11.2. The van der Waals surface area contributed by atoms with Gasteiger partial charge in [-0.25, -0.2) is 9.51 Å². The van der Waals surface area contributed by atoms with Crippen LogP contribution in [0.1, 0.15) is 5.69 Å². The summed E-state index contributed by atoms with van der Waals surface area (Å²) in [6.07, 6.45) is 6.63. The average Bonchev–Trinajstić information content (AvgIpc) is 2.88. The number of pyridine rings is 1. The summed E-state index contributed by atoms with van der Waals surface area (Å²) in [6, 6.07) is 7.81. The fraction of sp³-hybridized carbons (Fsp3) is 0.0769. The molecule has 0 aromatic carbocycles. The summed E-state index contributed by atoms with van der Waals surface area (Å²) in [6.45, 7) is 0. The Morgan fingerprint density at radius 1 is 1.32 bits per heavy atom. The summed E-state index contributed by atoms with van der Waals surface area (Å²) in [5, 5.41) is 4.36. The zero-order valence-electron chi connectivity index (χ0n) is 10.3. The zero-order valence-corrected chi connectivity index (χ0v) is 10.3. The van der Waals surface area contributed by atoms with Crippen molar-refractivity contribution in [3.05, 3.63) is 48.5 Å². The smallest absolute Gasteiger partial charge is 0.234 e. The van der Waals surface area contributed by atoms with E-state index < -0.39 is 0 Å². The lowest BCUT2D eigenvalue weighted by atomic mass is 10.4. The molecule has 6 heteroatoms. The first-order chi connectivity index (χ1) is 9.35. The molecule has 94 valence electrons. The SMILES string of the molecule is COc1cncc(/N=C/c2cc3ccccn3n2)n1. The van der Waals surface area contributed by atoms with Crippen molar-refractivity contribution in [2.75, 3.05) is 7.11 Å². The summed E-state index contributed by atoms with van der Waals surface area (Å²) < 4.78 is 6.78. The predicted octanol–water partition coefficient (Wildman–Crippen LogP) is 1.88. The quantitative estimate of drug-likeness (QED) is 0.668. The molecule has 0 aliphatic heterocycles. The first kappa shape index (κ1) is 11.3. The molecule has 3 rings (SSSR count). The van der Waals surface area contributed by atoms with Gasteiger partial charge in [0.1, 0.15) is 5.69 Å². The Labute approximate surface area is 109 Å². The third kappa shape index (κ3) is 2.42. The molecular formula is C13H11N5O. The highest BCUT2D eigenvalue weighted by molar-refractivity contribution is 5.81. The number of nitrogens with zero attached hydrogens (tertiary/aromatic N) is 5. The molecular weight excluding hydrogens is 242 g/mol. The van der Waals surface area contributed by atoms with Gasteiger partial charge < -0.3 is 4.74 Å². The Balaban J connectivity index is 1.88. The Hall–Kier alpha value is -2.76. The van der Waals surface area contributed by atoms with E-state index in [1.54, 1.807) is 24.0 Å². The first-order valence-corrected chi connectivity index (χ1v) is 5.70. The lowest BCUT2D eigenvalue weighted by Crippen LogP contribution is -1.89. The van der Waals surface area contributed by atoms with Crippen molar-refractivity contribution in [3.63, 3.8) is 0 Å². The van der Waals surface area contributed by atoms with E-state index in [9.17, 15) is 0 Å². The molecule has 0 saturated heterocycles. The molecule has 0 unspecified atom stereocenters.